The van der Waals surface area contributed by atoms with E-state index in [1.165, 1.54) is 31.6 Å². The number of rotatable bonds is 7. The van der Waals surface area contributed by atoms with Crippen LogP contribution in [0.4, 0.5) is 20.3 Å². The van der Waals surface area contributed by atoms with Gasteiger partial charge in [-0.15, -0.1) is 0 Å². The third-order valence-electron chi connectivity index (χ3n) is 7.21. The summed E-state index contributed by atoms with van der Waals surface area (Å²) >= 11 is 0. The number of piperidine rings is 1. The Morgan fingerprint density at radius 2 is 1.95 bits per heavy atom. The molecule has 0 unspecified atom stereocenters. The number of carbonyl (C=O) groups is 1. The van der Waals surface area contributed by atoms with Crippen LogP contribution in [0.3, 0.4) is 0 Å². The number of hydrogen-bond donors (Lipinski definition) is 4. The van der Waals surface area contributed by atoms with Gasteiger partial charge < -0.3 is 26.0 Å². The van der Waals surface area contributed by atoms with Gasteiger partial charge in [0.15, 0.2) is 29.0 Å². The van der Waals surface area contributed by atoms with Gasteiger partial charge in [-0.2, -0.15) is 4.39 Å². The fourth-order valence-corrected chi connectivity index (χ4v) is 4.94. The molecule has 1 aliphatic heterocycles. The molecule has 4 aromatic rings. The van der Waals surface area contributed by atoms with Crippen molar-refractivity contribution in [3.05, 3.63) is 71.7 Å². The van der Waals surface area contributed by atoms with Crippen molar-refractivity contribution in [2.45, 2.75) is 19.8 Å². The van der Waals surface area contributed by atoms with Crippen molar-refractivity contribution in [3.8, 4) is 17.0 Å². The van der Waals surface area contributed by atoms with Gasteiger partial charge in [0, 0.05) is 48.8 Å². The van der Waals surface area contributed by atoms with Crippen molar-refractivity contribution >= 4 is 29.0 Å². The van der Waals surface area contributed by atoms with Gasteiger partial charge in [-0.3, -0.25) is 14.6 Å². The van der Waals surface area contributed by atoms with Gasteiger partial charge in [0.2, 0.25) is 5.82 Å². The molecule has 12 heteroatoms. The van der Waals surface area contributed by atoms with Crippen LogP contribution in [0.25, 0.3) is 16.9 Å². The molecular formula is C28H30F2N8O2. The number of aryl methyl sites for hydroxylation is 1. The van der Waals surface area contributed by atoms with E-state index in [9.17, 15) is 13.6 Å². The molecule has 208 valence electrons. The number of anilines is 2. The van der Waals surface area contributed by atoms with Gasteiger partial charge in [-0.1, -0.05) is 0 Å². The zero-order valence-corrected chi connectivity index (χ0v) is 22.2. The second kappa shape index (κ2) is 11.2. The lowest BCUT2D eigenvalue weighted by Crippen LogP contribution is -2.44. The summed E-state index contributed by atoms with van der Waals surface area (Å²) in [4.78, 5) is 23.5. The maximum absolute atomic E-state index is 14.8. The van der Waals surface area contributed by atoms with E-state index in [0.717, 1.165) is 31.5 Å². The van der Waals surface area contributed by atoms with Crippen LogP contribution in [0.15, 0.2) is 48.9 Å². The maximum Gasteiger partial charge on any atom is 0.251 e. The van der Waals surface area contributed by atoms with Gasteiger partial charge in [-0.05, 0) is 61.6 Å². The highest BCUT2D eigenvalue weighted by Gasteiger charge is 2.22. The number of aromatic nitrogens is 3. The smallest absolute Gasteiger partial charge is 0.251 e. The molecule has 1 amide bonds. The van der Waals surface area contributed by atoms with Crippen LogP contribution < -0.4 is 21.1 Å². The fraction of sp³-hybridized carbons (Fsp3) is 0.286. The van der Waals surface area contributed by atoms with Gasteiger partial charge in [-0.25, -0.2) is 14.4 Å². The number of nitrogens with two attached hydrogens (primary N) is 1. The van der Waals surface area contributed by atoms with Crippen molar-refractivity contribution in [2.75, 3.05) is 32.1 Å². The summed E-state index contributed by atoms with van der Waals surface area (Å²) < 4.78 is 35.6. The second-order valence-electron chi connectivity index (χ2n) is 9.74. The Labute approximate surface area is 229 Å². The average Bonchev–Trinajstić information content (AvgIpc) is 3.38. The summed E-state index contributed by atoms with van der Waals surface area (Å²) in [7, 11) is 1.28. The zero-order chi connectivity index (χ0) is 28.4. The topological polar surface area (TPSA) is 134 Å². The quantitative estimate of drug-likeness (QED) is 0.202. The number of hydrogen-bond acceptors (Lipinski definition) is 6. The van der Waals surface area contributed by atoms with E-state index in [1.54, 1.807) is 22.7 Å². The molecule has 0 saturated carbocycles. The molecule has 5 N–H and O–H groups in total. The summed E-state index contributed by atoms with van der Waals surface area (Å²) in [6, 6.07) is 8.17. The van der Waals surface area contributed by atoms with Crippen molar-refractivity contribution in [1.29, 1.82) is 5.41 Å². The summed E-state index contributed by atoms with van der Waals surface area (Å²) in [5.74, 6) is -1.58. The Morgan fingerprint density at radius 3 is 2.65 bits per heavy atom. The normalized spacial score (nSPS) is 13.8. The Balaban J connectivity index is 1.29. The van der Waals surface area contributed by atoms with E-state index >= 15 is 0 Å². The fourth-order valence-electron chi connectivity index (χ4n) is 4.94. The molecule has 0 radical (unpaired) electrons. The highest BCUT2D eigenvalue weighted by molar-refractivity contribution is 5.96. The van der Waals surface area contributed by atoms with Crippen LogP contribution in [0.2, 0.25) is 0 Å². The number of guanidine groups is 1. The van der Waals surface area contributed by atoms with Crippen LogP contribution in [-0.2, 0) is 0 Å². The number of imidazole rings is 1. The SMILES string of the molecule is COc1ccc(-c2cnc3c(Nc4ccc(C(=O)NCC5CCN(C(=N)N)CC5)c(C)c4)nccn23)c(F)c1F. The lowest BCUT2D eigenvalue weighted by Gasteiger charge is -2.32. The van der Waals surface area contributed by atoms with Crippen LogP contribution in [0.5, 0.6) is 5.75 Å². The summed E-state index contributed by atoms with van der Waals surface area (Å²) in [6.45, 7) is 3.87. The number of nitrogens with zero attached hydrogens (tertiary/aromatic N) is 4. The minimum Gasteiger partial charge on any atom is -0.494 e. The van der Waals surface area contributed by atoms with Crippen molar-refractivity contribution in [3.63, 3.8) is 0 Å². The molecule has 5 rings (SSSR count). The molecule has 2 aromatic carbocycles. The number of methoxy groups -OCH3 is 1. The highest BCUT2D eigenvalue weighted by Crippen LogP contribution is 2.31. The molecule has 0 aliphatic carbocycles. The van der Waals surface area contributed by atoms with Crippen LogP contribution in [0, 0.1) is 29.9 Å². The molecule has 2 aromatic heterocycles. The first-order valence-corrected chi connectivity index (χ1v) is 12.9. The Bertz CT molecular complexity index is 1580. The van der Waals surface area contributed by atoms with Crippen molar-refractivity contribution < 1.29 is 18.3 Å². The van der Waals surface area contributed by atoms with E-state index in [2.05, 4.69) is 20.6 Å². The van der Waals surface area contributed by atoms with E-state index in [4.69, 9.17) is 15.9 Å². The molecular weight excluding hydrogens is 518 g/mol. The van der Waals surface area contributed by atoms with Crippen molar-refractivity contribution in [2.24, 2.45) is 11.7 Å². The third-order valence-corrected chi connectivity index (χ3v) is 7.21. The molecule has 40 heavy (non-hydrogen) atoms. The predicted octanol–water partition coefficient (Wildman–Crippen LogP) is 4.07. The van der Waals surface area contributed by atoms with Crippen LogP contribution >= 0.6 is 0 Å². The molecule has 1 aliphatic rings. The number of carbonyl (C=O) groups excluding carboxylic acids is 1. The Kier molecular flexibility index (Phi) is 7.50. The summed E-state index contributed by atoms with van der Waals surface area (Å²) in [5.41, 5.74) is 8.41. The predicted molar refractivity (Wildman–Crippen MR) is 148 cm³/mol. The largest absolute Gasteiger partial charge is 0.494 e. The molecule has 3 heterocycles. The van der Waals surface area contributed by atoms with E-state index in [1.807, 2.05) is 17.9 Å². The Hall–Kier alpha value is -4.74. The minimum atomic E-state index is -1.07. The van der Waals surface area contributed by atoms with E-state index in [-0.39, 0.29) is 23.2 Å². The number of benzene rings is 2. The molecule has 1 saturated heterocycles. The first-order valence-electron chi connectivity index (χ1n) is 12.9. The number of halogens is 2. The van der Waals surface area contributed by atoms with Crippen molar-refractivity contribution in [1.82, 2.24) is 24.6 Å². The molecule has 0 bridgehead atoms. The second-order valence-corrected chi connectivity index (χ2v) is 9.74. The number of amides is 1. The first kappa shape index (κ1) is 26.9. The van der Waals surface area contributed by atoms with Gasteiger partial charge in [0.25, 0.3) is 5.91 Å². The average molecular weight is 549 g/mol. The number of nitrogens with one attached hydrogen (secondary N) is 3. The number of ether oxygens (including phenoxy) is 1. The minimum absolute atomic E-state index is 0.0403. The van der Waals surface area contributed by atoms with Gasteiger partial charge >= 0.3 is 0 Å². The Morgan fingerprint density at radius 1 is 1.18 bits per heavy atom. The summed E-state index contributed by atoms with van der Waals surface area (Å²) in [6.07, 6.45) is 6.35. The molecule has 0 spiro atoms. The third kappa shape index (κ3) is 5.24. The highest BCUT2D eigenvalue weighted by atomic mass is 19.2. The molecule has 1 fully saturated rings. The zero-order valence-electron chi connectivity index (χ0n) is 22.2. The van der Waals surface area contributed by atoms with Gasteiger partial charge in [0.05, 0.1) is 19.0 Å². The van der Waals surface area contributed by atoms with Crippen LogP contribution in [0.1, 0.15) is 28.8 Å². The maximum atomic E-state index is 14.8. The number of fused-ring (bicyclic) bond motifs is 1. The van der Waals surface area contributed by atoms with E-state index in [0.29, 0.717) is 40.9 Å². The lowest BCUT2D eigenvalue weighted by atomic mass is 9.96. The molecule has 10 nitrogen and oxygen atoms in total. The first-order chi connectivity index (χ1) is 19.3. The van der Waals surface area contributed by atoms with Gasteiger partial charge in [0.1, 0.15) is 0 Å². The molecule has 0 atom stereocenters. The summed E-state index contributed by atoms with van der Waals surface area (Å²) in [5, 5.41) is 13.8. The lowest BCUT2D eigenvalue weighted by molar-refractivity contribution is 0.0940. The monoisotopic (exact) mass is 548 g/mol. The van der Waals surface area contributed by atoms with Crippen LogP contribution in [-0.4, -0.2) is 57.9 Å². The van der Waals surface area contributed by atoms with E-state index < -0.39 is 11.6 Å². The standard InChI is InChI=1S/C28H30F2N8O2/c1-16-13-18(3-4-19(16)27(39)35-14-17-7-10-37(11-8-17)28(31)32)36-25-26-34-15-21(38(26)12-9-33-25)20-5-6-22(40-2)24(30)23(20)29/h3-6,9,12-13,15,17H,7-8,10-11,14H2,1-2H3,(H3,31,32)(H,33,36)(H,35,39). The number of likely N-dealkylation sites (tertiary alicyclic amines) is 1.